The minimum Gasteiger partial charge on any atom is -0.450 e. The van der Waals surface area contributed by atoms with E-state index in [1.54, 1.807) is 0 Å². The summed E-state index contributed by atoms with van der Waals surface area (Å²) in [5.74, 6) is 0. The molecule has 2 aliphatic heterocycles. The summed E-state index contributed by atoms with van der Waals surface area (Å²) < 4.78 is 5.06. The molecule has 19 heavy (non-hydrogen) atoms. The lowest BCUT2D eigenvalue weighted by Crippen LogP contribution is -2.63. The normalized spacial score (nSPS) is 28.2. The van der Waals surface area contributed by atoms with Crippen molar-refractivity contribution in [2.45, 2.75) is 45.2 Å². The Hall–Kier alpha value is -0.810. The number of piperazine rings is 1. The van der Waals surface area contributed by atoms with Crippen LogP contribution in [0.1, 0.15) is 33.6 Å². The molecule has 2 saturated heterocycles. The predicted octanol–water partition coefficient (Wildman–Crippen LogP) is 1.29. The Labute approximate surface area is 116 Å². The Kier molecular flexibility index (Phi) is 4.68. The Morgan fingerprint density at radius 1 is 1.32 bits per heavy atom. The van der Waals surface area contributed by atoms with Gasteiger partial charge in [0.1, 0.15) is 0 Å². The number of rotatable bonds is 2. The summed E-state index contributed by atoms with van der Waals surface area (Å²) in [6, 6.07) is 0.575. The lowest BCUT2D eigenvalue weighted by molar-refractivity contribution is 0.0324. The van der Waals surface area contributed by atoms with Crippen molar-refractivity contribution in [3.63, 3.8) is 0 Å². The molecule has 1 atom stereocenters. The molecule has 0 bridgehead atoms. The third kappa shape index (κ3) is 3.39. The number of nitrogens with zero attached hydrogens (tertiary/aromatic N) is 2. The summed E-state index contributed by atoms with van der Waals surface area (Å²) in [7, 11) is 0. The van der Waals surface area contributed by atoms with E-state index in [2.05, 4.69) is 24.1 Å². The summed E-state index contributed by atoms with van der Waals surface area (Å²) in [6.45, 7) is 11.5. The minimum atomic E-state index is -0.164. The van der Waals surface area contributed by atoms with Crippen LogP contribution >= 0.6 is 0 Å². The molecule has 2 rings (SSSR count). The van der Waals surface area contributed by atoms with E-state index in [0.717, 1.165) is 32.7 Å². The number of carbonyl (C=O) groups is 1. The number of hydrogen-bond acceptors (Lipinski definition) is 4. The predicted molar refractivity (Wildman–Crippen MR) is 75.3 cm³/mol. The molecule has 2 heterocycles. The molecule has 5 nitrogen and oxygen atoms in total. The zero-order valence-electron chi connectivity index (χ0n) is 12.4. The average Bonchev–Trinajstić information content (AvgIpc) is 2.39. The van der Waals surface area contributed by atoms with Gasteiger partial charge in [-0.3, -0.25) is 4.90 Å². The first kappa shape index (κ1) is 14.6. The monoisotopic (exact) mass is 269 g/mol. The van der Waals surface area contributed by atoms with Crippen LogP contribution in [0.4, 0.5) is 4.79 Å². The lowest BCUT2D eigenvalue weighted by Gasteiger charge is -2.48. The van der Waals surface area contributed by atoms with Crippen molar-refractivity contribution in [2.24, 2.45) is 0 Å². The molecular weight excluding hydrogens is 242 g/mol. The summed E-state index contributed by atoms with van der Waals surface area (Å²) in [4.78, 5) is 16.0. The lowest BCUT2D eigenvalue weighted by atomic mass is 9.85. The Morgan fingerprint density at radius 3 is 2.58 bits per heavy atom. The maximum Gasteiger partial charge on any atom is 0.409 e. The van der Waals surface area contributed by atoms with Crippen LogP contribution in [0.15, 0.2) is 0 Å². The van der Waals surface area contributed by atoms with E-state index in [9.17, 15) is 4.79 Å². The standard InChI is InChI=1S/C14H27N3O2/c1-4-19-13(18)17-10-8-16(9-11-17)12-6-5-7-15-14(12,2)3/h12,15H,4-11H2,1-3H3. The average molecular weight is 269 g/mol. The second-order valence-electron chi connectivity index (χ2n) is 6.03. The fourth-order valence-corrected chi connectivity index (χ4v) is 3.25. The topological polar surface area (TPSA) is 44.8 Å². The fourth-order valence-electron chi connectivity index (χ4n) is 3.25. The molecule has 1 amide bonds. The van der Waals surface area contributed by atoms with Crippen molar-refractivity contribution >= 4 is 6.09 Å². The van der Waals surface area contributed by atoms with E-state index in [1.807, 2.05) is 11.8 Å². The molecule has 0 spiro atoms. The van der Waals surface area contributed by atoms with Crippen molar-refractivity contribution in [1.29, 1.82) is 0 Å². The van der Waals surface area contributed by atoms with Crippen molar-refractivity contribution in [3.05, 3.63) is 0 Å². The summed E-state index contributed by atoms with van der Waals surface area (Å²) >= 11 is 0. The van der Waals surface area contributed by atoms with Crippen molar-refractivity contribution in [2.75, 3.05) is 39.3 Å². The zero-order valence-corrected chi connectivity index (χ0v) is 12.4. The molecular formula is C14H27N3O2. The highest BCUT2D eigenvalue weighted by atomic mass is 16.6. The van der Waals surface area contributed by atoms with Crippen LogP contribution in [0.2, 0.25) is 0 Å². The van der Waals surface area contributed by atoms with Crippen LogP contribution in [-0.2, 0) is 4.74 Å². The van der Waals surface area contributed by atoms with Gasteiger partial charge in [-0.25, -0.2) is 4.79 Å². The van der Waals surface area contributed by atoms with Crippen molar-refractivity contribution < 1.29 is 9.53 Å². The van der Waals surface area contributed by atoms with Gasteiger partial charge in [-0.15, -0.1) is 0 Å². The van der Waals surface area contributed by atoms with Gasteiger partial charge in [0.05, 0.1) is 6.61 Å². The zero-order chi connectivity index (χ0) is 13.9. The molecule has 0 radical (unpaired) electrons. The highest BCUT2D eigenvalue weighted by Crippen LogP contribution is 2.25. The molecule has 110 valence electrons. The van der Waals surface area contributed by atoms with Crippen LogP contribution in [0.5, 0.6) is 0 Å². The first-order valence-corrected chi connectivity index (χ1v) is 7.45. The Bertz CT molecular complexity index is 312. The molecule has 2 fully saturated rings. The third-order valence-electron chi connectivity index (χ3n) is 4.35. The number of piperidine rings is 1. The van der Waals surface area contributed by atoms with Gasteiger partial charge in [-0.2, -0.15) is 0 Å². The summed E-state index contributed by atoms with van der Waals surface area (Å²) in [5.41, 5.74) is 0.171. The molecule has 5 heteroatoms. The fraction of sp³-hybridized carbons (Fsp3) is 0.929. The van der Waals surface area contributed by atoms with E-state index in [0.29, 0.717) is 12.6 Å². The van der Waals surface area contributed by atoms with E-state index in [4.69, 9.17) is 4.74 Å². The first-order valence-electron chi connectivity index (χ1n) is 7.45. The van der Waals surface area contributed by atoms with Gasteiger partial charge >= 0.3 is 6.09 Å². The molecule has 0 aromatic carbocycles. The summed E-state index contributed by atoms with van der Waals surface area (Å²) in [5, 5.41) is 3.61. The minimum absolute atomic E-state index is 0.164. The van der Waals surface area contributed by atoms with Gasteiger partial charge in [0.2, 0.25) is 0 Å². The van der Waals surface area contributed by atoms with Crippen LogP contribution in [-0.4, -0.2) is 66.8 Å². The number of ether oxygens (including phenoxy) is 1. The van der Waals surface area contributed by atoms with Gasteiger partial charge in [0, 0.05) is 37.8 Å². The van der Waals surface area contributed by atoms with E-state index < -0.39 is 0 Å². The Balaban J connectivity index is 1.87. The van der Waals surface area contributed by atoms with Gasteiger partial charge in [0.25, 0.3) is 0 Å². The second-order valence-corrected chi connectivity index (χ2v) is 6.03. The van der Waals surface area contributed by atoms with E-state index in [-0.39, 0.29) is 11.6 Å². The first-order chi connectivity index (χ1) is 9.04. The van der Waals surface area contributed by atoms with Crippen LogP contribution in [0, 0.1) is 0 Å². The number of amides is 1. The summed E-state index contributed by atoms with van der Waals surface area (Å²) in [6.07, 6.45) is 2.33. The highest BCUT2D eigenvalue weighted by molar-refractivity contribution is 5.67. The van der Waals surface area contributed by atoms with Gasteiger partial charge in [0.15, 0.2) is 0 Å². The van der Waals surface area contributed by atoms with Gasteiger partial charge in [-0.05, 0) is 40.2 Å². The SMILES string of the molecule is CCOC(=O)N1CCN(C2CCCNC2(C)C)CC1. The molecule has 0 saturated carbocycles. The van der Waals surface area contributed by atoms with E-state index >= 15 is 0 Å². The molecule has 1 N–H and O–H groups in total. The number of hydrogen-bond donors (Lipinski definition) is 1. The second kappa shape index (κ2) is 6.09. The van der Waals surface area contributed by atoms with E-state index in [1.165, 1.54) is 12.8 Å². The quantitative estimate of drug-likeness (QED) is 0.820. The van der Waals surface area contributed by atoms with Crippen LogP contribution in [0.25, 0.3) is 0 Å². The third-order valence-corrected chi connectivity index (χ3v) is 4.35. The van der Waals surface area contributed by atoms with Crippen LogP contribution < -0.4 is 5.32 Å². The molecule has 2 aliphatic rings. The Morgan fingerprint density at radius 2 is 2.00 bits per heavy atom. The maximum atomic E-state index is 11.7. The van der Waals surface area contributed by atoms with Crippen molar-refractivity contribution in [1.82, 2.24) is 15.1 Å². The van der Waals surface area contributed by atoms with Crippen molar-refractivity contribution in [3.8, 4) is 0 Å². The van der Waals surface area contributed by atoms with Crippen LogP contribution in [0.3, 0.4) is 0 Å². The highest BCUT2D eigenvalue weighted by Gasteiger charge is 2.37. The molecule has 0 aromatic heterocycles. The van der Waals surface area contributed by atoms with Gasteiger partial charge in [-0.1, -0.05) is 0 Å². The maximum absolute atomic E-state index is 11.7. The molecule has 1 unspecified atom stereocenters. The number of nitrogens with one attached hydrogen (secondary N) is 1. The molecule has 0 aliphatic carbocycles. The molecule has 0 aromatic rings. The number of carbonyl (C=O) groups excluding carboxylic acids is 1. The largest absolute Gasteiger partial charge is 0.450 e. The smallest absolute Gasteiger partial charge is 0.409 e. The van der Waals surface area contributed by atoms with Gasteiger partial charge < -0.3 is 15.0 Å².